The van der Waals surface area contributed by atoms with E-state index in [1.807, 2.05) is 32.0 Å². The molecule has 0 saturated carbocycles. The zero-order valence-corrected chi connectivity index (χ0v) is 16.4. The number of carbonyl (C=O) groups excluding carboxylic acids is 4. The molecule has 3 N–H and O–H groups in total. The quantitative estimate of drug-likeness (QED) is 0.668. The predicted molar refractivity (Wildman–Crippen MR) is 102 cm³/mol. The molecule has 0 spiro atoms. The highest BCUT2D eigenvalue weighted by atomic mass is 16.2. The number of urea groups is 2. The van der Waals surface area contributed by atoms with E-state index in [1.54, 1.807) is 6.92 Å². The number of nitrogens with zero attached hydrogens (tertiary/aromatic N) is 1. The van der Waals surface area contributed by atoms with E-state index in [4.69, 9.17) is 0 Å². The standard InChI is InChI=1S/C20H26N4O4/c1-4-12(2)21-18(27)22-16(25)11-24-17(26)20(3,23-19(24)28)15-9-8-13-6-5-7-14(13)10-15/h8-10,12H,4-7,11H2,1-3H3,(H,23,28)(H2,21,22,25,27)/t12-,20-/m0/s1. The largest absolute Gasteiger partial charge is 0.335 e. The third-order valence-electron chi connectivity index (χ3n) is 5.50. The molecule has 28 heavy (non-hydrogen) atoms. The molecule has 1 heterocycles. The third kappa shape index (κ3) is 3.72. The molecule has 0 unspecified atom stereocenters. The van der Waals surface area contributed by atoms with Gasteiger partial charge in [0.25, 0.3) is 5.91 Å². The lowest BCUT2D eigenvalue weighted by Crippen LogP contribution is -2.48. The number of amides is 6. The average Bonchev–Trinajstić information content (AvgIpc) is 3.19. The summed E-state index contributed by atoms with van der Waals surface area (Å²) in [6.07, 6.45) is 3.78. The molecular formula is C20H26N4O4. The second kappa shape index (κ2) is 7.61. The van der Waals surface area contributed by atoms with Gasteiger partial charge >= 0.3 is 12.1 Å². The molecule has 6 amide bonds. The van der Waals surface area contributed by atoms with Gasteiger partial charge in [0.1, 0.15) is 12.1 Å². The SMILES string of the molecule is CC[C@H](C)NC(=O)NC(=O)CN1C(=O)N[C@@](C)(c2ccc3c(c2)CCC3)C1=O. The van der Waals surface area contributed by atoms with Crippen molar-refractivity contribution in [3.05, 3.63) is 34.9 Å². The topological polar surface area (TPSA) is 108 Å². The van der Waals surface area contributed by atoms with Gasteiger partial charge in [0, 0.05) is 6.04 Å². The zero-order chi connectivity index (χ0) is 20.5. The van der Waals surface area contributed by atoms with Crippen LogP contribution in [0.25, 0.3) is 0 Å². The molecule has 8 nitrogen and oxygen atoms in total. The maximum absolute atomic E-state index is 12.9. The summed E-state index contributed by atoms with van der Waals surface area (Å²) in [4.78, 5) is 50.1. The first kappa shape index (κ1) is 19.9. The number of carbonyl (C=O) groups is 4. The van der Waals surface area contributed by atoms with Gasteiger partial charge in [-0.25, -0.2) is 9.59 Å². The second-order valence-electron chi connectivity index (χ2n) is 7.61. The molecule has 1 aromatic carbocycles. The molecule has 0 bridgehead atoms. The summed E-state index contributed by atoms with van der Waals surface area (Å²) in [5.74, 6) is -1.23. The Kier molecular flexibility index (Phi) is 5.40. The number of hydrogen-bond acceptors (Lipinski definition) is 4. The van der Waals surface area contributed by atoms with Crippen LogP contribution >= 0.6 is 0 Å². The highest BCUT2D eigenvalue weighted by Gasteiger charge is 2.49. The van der Waals surface area contributed by atoms with Crippen LogP contribution in [0.2, 0.25) is 0 Å². The number of fused-ring (bicyclic) bond motifs is 1. The molecule has 1 aliphatic carbocycles. The lowest BCUT2D eigenvalue weighted by molar-refractivity contribution is -0.134. The van der Waals surface area contributed by atoms with E-state index in [9.17, 15) is 19.2 Å². The number of rotatable bonds is 5. The molecule has 2 atom stereocenters. The van der Waals surface area contributed by atoms with Gasteiger partial charge in [0.15, 0.2) is 0 Å². The first-order valence-corrected chi connectivity index (χ1v) is 9.61. The van der Waals surface area contributed by atoms with Gasteiger partial charge < -0.3 is 10.6 Å². The van der Waals surface area contributed by atoms with Crippen molar-refractivity contribution in [3.8, 4) is 0 Å². The molecule has 1 aromatic rings. The average molecular weight is 386 g/mol. The smallest absolute Gasteiger partial charge is 0.325 e. The second-order valence-corrected chi connectivity index (χ2v) is 7.61. The van der Waals surface area contributed by atoms with Crippen LogP contribution in [0.5, 0.6) is 0 Å². The van der Waals surface area contributed by atoms with Crippen LogP contribution in [-0.2, 0) is 28.0 Å². The Balaban J connectivity index is 1.69. The number of benzene rings is 1. The first-order chi connectivity index (χ1) is 13.2. The number of nitrogens with one attached hydrogen (secondary N) is 3. The van der Waals surface area contributed by atoms with E-state index in [1.165, 1.54) is 11.1 Å². The zero-order valence-electron chi connectivity index (χ0n) is 16.4. The summed E-state index contributed by atoms with van der Waals surface area (Å²) in [6, 6.07) is 4.43. The van der Waals surface area contributed by atoms with E-state index in [0.717, 1.165) is 24.2 Å². The Morgan fingerprint density at radius 3 is 2.68 bits per heavy atom. The van der Waals surface area contributed by atoms with Gasteiger partial charge in [-0.3, -0.25) is 19.8 Å². The van der Waals surface area contributed by atoms with Crippen molar-refractivity contribution < 1.29 is 19.2 Å². The van der Waals surface area contributed by atoms with Gasteiger partial charge in [-0.2, -0.15) is 0 Å². The van der Waals surface area contributed by atoms with Crippen molar-refractivity contribution in [3.63, 3.8) is 0 Å². The maximum atomic E-state index is 12.9. The fourth-order valence-corrected chi connectivity index (χ4v) is 3.59. The molecule has 1 fully saturated rings. The van der Waals surface area contributed by atoms with Crippen molar-refractivity contribution in [2.45, 2.75) is 58.0 Å². The maximum Gasteiger partial charge on any atom is 0.325 e. The Labute approximate surface area is 164 Å². The Morgan fingerprint density at radius 2 is 1.96 bits per heavy atom. The Bertz CT molecular complexity index is 837. The van der Waals surface area contributed by atoms with Gasteiger partial charge in [-0.1, -0.05) is 25.1 Å². The summed E-state index contributed by atoms with van der Waals surface area (Å²) in [7, 11) is 0. The van der Waals surface area contributed by atoms with Crippen LogP contribution in [0, 0.1) is 0 Å². The van der Waals surface area contributed by atoms with Crippen molar-refractivity contribution in [1.82, 2.24) is 20.9 Å². The summed E-state index contributed by atoms with van der Waals surface area (Å²) >= 11 is 0. The van der Waals surface area contributed by atoms with Gasteiger partial charge in [-0.05, 0) is 56.2 Å². The lowest BCUT2D eigenvalue weighted by atomic mass is 9.89. The Morgan fingerprint density at radius 1 is 1.25 bits per heavy atom. The molecule has 0 aromatic heterocycles. The third-order valence-corrected chi connectivity index (χ3v) is 5.50. The minimum atomic E-state index is -1.23. The minimum Gasteiger partial charge on any atom is -0.335 e. The molecular weight excluding hydrogens is 360 g/mol. The Hall–Kier alpha value is -2.90. The van der Waals surface area contributed by atoms with Crippen LogP contribution in [0.3, 0.4) is 0 Å². The fraction of sp³-hybridized carbons (Fsp3) is 0.500. The van der Waals surface area contributed by atoms with Crippen LogP contribution in [0.15, 0.2) is 18.2 Å². The molecule has 3 rings (SSSR count). The molecule has 150 valence electrons. The van der Waals surface area contributed by atoms with Crippen molar-refractivity contribution >= 4 is 23.9 Å². The summed E-state index contributed by atoms with van der Waals surface area (Å²) in [6.45, 7) is 4.83. The van der Waals surface area contributed by atoms with Gasteiger partial charge in [0.2, 0.25) is 5.91 Å². The number of hydrogen-bond donors (Lipinski definition) is 3. The predicted octanol–water partition coefficient (Wildman–Crippen LogP) is 1.57. The summed E-state index contributed by atoms with van der Waals surface area (Å²) < 4.78 is 0. The van der Waals surface area contributed by atoms with E-state index in [0.29, 0.717) is 12.0 Å². The fourth-order valence-electron chi connectivity index (χ4n) is 3.59. The minimum absolute atomic E-state index is 0.0902. The van der Waals surface area contributed by atoms with Crippen molar-refractivity contribution in [2.24, 2.45) is 0 Å². The van der Waals surface area contributed by atoms with E-state index in [-0.39, 0.29) is 6.04 Å². The van der Waals surface area contributed by atoms with Crippen LogP contribution in [0.4, 0.5) is 9.59 Å². The molecule has 2 aliphatic rings. The highest BCUT2D eigenvalue weighted by Crippen LogP contribution is 2.32. The summed E-state index contributed by atoms with van der Waals surface area (Å²) in [5.41, 5.74) is 1.93. The number of imide groups is 2. The normalized spacial score (nSPS) is 21.9. The molecule has 0 radical (unpaired) electrons. The summed E-state index contributed by atoms with van der Waals surface area (Å²) in [5, 5.41) is 7.44. The lowest BCUT2D eigenvalue weighted by Gasteiger charge is -2.23. The molecule has 1 aliphatic heterocycles. The van der Waals surface area contributed by atoms with Crippen molar-refractivity contribution in [2.75, 3.05) is 6.54 Å². The highest BCUT2D eigenvalue weighted by molar-refractivity contribution is 6.10. The van der Waals surface area contributed by atoms with Crippen LogP contribution in [-0.4, -0.2) is 41.4 Å². The van der Waals surface area contributed by atoms with Gasteiger partial charge in [0.05, 0.1) is 0 Å². The van der Waals surface area contributed by atoms with Crippen LogP contribution in [0.1, 0.15) is 50.3 Å². The number of aryl methyl sites for hydroxylation is 2. The van der Waals surface area contributed by atoms with E-state index in [2.05, 4.69) is 16.0 Å². The van der Waals surface area contributed by atoms with Crippen LogP contribution < -0.4 is 16.0 Å². The van der Waals surface area contributed by atoms with E-state index < -0.39 is 36.0 Å². The molecule has 8 heteroatoms. The first-order valence-electron chi connectivity index (χ1n) is 9.61. The monoisotopic (exact) mass is 386 g/mol. The molecule has 1 saturated heterocycles. The van der Waals surface area contributed by atoms with Crippen molar-refractivity contribution in [1.29, 1.82) is 0 Å². The van der Waals surface area contributed by atoms with Gasteiger partial charge in [-0.15, -0.1) is 0 Å². The van der Waals surface area contributed by atoms with E-state index >= 15 is 0 Å².